The van der Waals surface area contributed by atoms with Crippen molar-refractivity contribution in [3.8, 4) is 5.75 Å². The van der Waals surface area contributed by atoms with Crippen LogP contribution < -0.4 is 10.1 Å². The highest BCUT2D eigenvalue weighted by atomic mass is 16.6. The summed E-state index contributed by atoms with van der Waals surface area (Å²) in [4.78, 5) is 39.5. The van der Waals surface area contributed by atoms with E-state index in [1.54, 1.807) is 6.92 Å². The molecule has 1 aromatic rings. The zero-order valence-electron chi connectivity index (χ0n) is 21.1. The van der Waals surface area contributed by atoms with Crippen molar-refractivity contribution in [3.05, 3.63) is 52.4 Å². The molecule has 0 saturated carbocycles. The number of rotatable bonds is 10. The molecule has 1 aromatic carbocycles. The lowest BCUT2D eigenvalue weighted by Gasteiger charge is -2.38. The Kier molecular flexibility index (Phi) is 9.09. The smallest absolute Gasteiger partial charge is 0.336 e. The summed E-state index contributed by atoms with van der Waals surface area (Å²) < 4.78 is 21.4. The summed E-state index contributed by atoms with van der Waals surface area (Å²) in [5.41, 5.74) is 2.84. The van der Waals surface area contributed by atoms with Crippen LogP contribution in [-0.2, 0) is 28.6 Å². The number of methoxy groups -OCH3 is 1. The molecule has 0 amide bonds. The summed E-state index contributed by atoms with van der Waals surface area (Å²) in [7, 11) is 1.28. The monoisotopic (exact) mass is 485 g/mol. The number of carbonyl (C=O) groups is 3. The van der Waals surface area contributed by atoms with Gasteiger partial charge < -0.3 is 24.3 Å². The van der Waals surface area contributed by atoms with Gasteiger partial charge in [-0.05, 0) is 50.3 Å². The summed E-state index contributed by atoms with van der Waals surface area (Å²) in [6, 6.07) is 7.36. The van der Waals surface area contributed by atoms with E-state index in [4.69, 9.17) is 18.9 Å². The quantitative estimate of drug-likeness (QED) is 0.304. The van der Waals surface area contributed by atoms with Crippen LogP contribution >= 0.6 is 0 Å². The molecule has 2 aliphatic rings. The standard InChI is InChI=1S/C27H35NO7/c1-6-12-34-19-10-8-18(9-11-19)23-22(27(31)35-14-13-33-7-2)17(4)28-20-15-16(3)21(26(30)32-5)25(29)24(20)23/h8-11,16,21,23,28H,6-7,12-15H2,1-5H3/t16-,21+,23-/m0/s1. The summed E-state index contributed by atoms with van der Waals surface area (Å²) in [5, 5.41) is 3.26. The summed E-state index contributed by atoms with van der Waals surface area (Å²) in [5.74, 6) is -2.57. The third kappa shape index (κ3) is 5.75. The molecule has 0 fully saturated rings. The number of ketones is 1. The van der Waals surface area contributed by atoms with Crippen LogP contribution in [0.1, 0.15) is 52.0 Å². The Morgan fingerprint density at radius 2 is 1.80 bits per heavy atom. The minimum absolute atomic E-state index is 0.0988. The molecule has 1 aliphatic carbocycles. The topological polar surface area (TPSA) is 100 Å². The number of dihydropyridines is 1. The Balaban J connectivity index is 2.04. The highest BCUT2D eigenvalue weighted by molar-refractivity contribution is 6.12. The molecule has 0 spiro atoms. The maximum absolute atomic E-state index is 13.7. The lowest BCUT2D eigenvalue weighted by Crippen LogP contribution is -2.43. The van der Waals surface area contributed by atoms with E-state index in [0.717, 1.165) is 17.7 Å². The second kappa shape index (κ2) is 12.0. The van der Waals surface area contributed by atoms with Crippen molar-refractivity contribution in [2.45, 2.75) is 46.5 Å². The largest absolute Gasteiger partial charge is 0.494 e. The molecule has 1 aliphatic heterocycles. The number of esters is 2. The van der Waals surface area contributed by atoms with Crippen LogP contribution in [0.4, 0.5) is 0 Å². The maximum Gasteiger partial charge on any atom is 0.336 e. The predicted molar refractivity (Wildman–Crippen MR) is 130 cm³/mol. The molecule has 0 bridgehead atoms. The van der Waals surface area contributed by atoms with Gasteiger partial charge in [-0.25, -0.2) is 4.79 Å². The third-order valence-corrected chi connectivity index (χ3v) is 6.31. The summed E-state index contributed by atoms with van der Waals surface area (Å²) in [6.07, 6.45) is 1.37. The molecule has 1 heterocycles. The molecule has 190 valence electrons. The van der Waals surface area contributed by atoms with E-state index < -0.39 is 23.8 Å². The van der Waals surface area contributed by atoms with E-state index in [1.165, 1.54) is 7.11 Å². The summed E-state index contributed by atoms with van der Waals surface area (Å²) in [6.45, 7) is 9.05. The van der Waals surface area contributed by atoms with Crippen LogP contribution in [0.2, 0.25) is 0 Å². The van der Waals surface area contributed by atoms with E-state index in [0.29, 0.717) is 42.2 Å². The van der Waals surface area contributed by atoms with Crippen LogP contribution in [0.5, 0.6) is 5.75 Å². The average molecular weight is 486 g/mol. The SMILES string of the molecule is CCCOc1ccc([C@H]2C(C(=O)OCCOCC)=C(C)NC3=C2C(=O)[C@H](C(=O)OC)[C@@H](C)C3)cc1. The first-order valence-corrected chi connectivity index (χ1v) is 12.1. The van der Waals surface area contributed by atoms with Gasteiger partial charge in [-0.15, -0.1) is 0 Å². The number of nitrogens with one attached hydrogen (secondary N) is 1. The molecule has 8 nitrogen and oxygen atoms in total. The summed E-state index contributed by atoms with van der Waals surface area (Å²) >= 11 is 0. The molecular formula is C27H35NO7. The number of hydrogen-bond acceptors (Lipinski definition) is 8. The lowest BCUT2D eigenvalue weighted by molar-refractivity contribution is -0.151. The van der Waals surface area contributed by atoms with Crippen LogP contribution in [-0.4, -0.2) is 51.3 Å². The molecular weight excluding hydrogens is 450 g/mol. The minimum Gasteiger partial charge on any atom is -0.494 e. The van der Waals surface area contributed by atoms with E-state index in [-0.39, 0.29) is 24.9 Å². The van der Waals surface area contributed by atoms with Crippen molar-refractivity contribution in [3.63, 3.8) is 0 Å². The number of carbonyl (C=O) groups excluding carboxylic acids is 3. The fraction of sp³-hybridized carbons (Fsp3) is 0.519. The Morgan fingerprint density at radius 1 is 1.09 bits per heavy atom. The Labute approximate surface area is 206 Å². The first-order valence-electron chi connectivity index (χ1n) is 12.1. The third-order valence-electron chi connectivity index (χ3n) is 6.31. The highest BCUT2D eigenvalue weighted by Gasteiger charge is 2.47. The van der Waals surface area contributed by atoms with Gasteiger partial charge in [0.15, 0.2) is 5.78 Å². The van der Waals surface area contributed by atoms with Crippen LogP contribution in [0.15, 0.2) is 46.8 Å². The van der Waals surface area contributed by atoms with Gasteiger partial charge >= 0.3 is 11.9 Å². The number of allylic oxidation sites excluding steroid dienone is 3. The Morgan fingerprint density at radius 3 is 2.43 bits per heavy atom. The van der Waals surface area contributed by atoms with E-state index in [9.17, 15) is 14.4 Å². The normalized spacial score (nSPS) is 21.9. The predicted octanol–water partition coefficient (Wildman–Crippen LogP) is 3.67. The van der Waals surface area contributed by atoms with Gasteiger partial charge in [0.1, 0.15) is 18.3 Å². The van der Waals surface area contributed by atoms with Gasteiger partial charge in [0.05, 0.1) is 25.9 Å². The molecule has 0 aromatic heterocycles. The maximum atomic E-state index is 13.7. The van der Waals surface area contributed by atoms with Crippen molar-refractivity contribution in [1.82, 2.24) is 5.32 Å². The van der Waals surface area contributed by atoms with Gasteiger partial charge in [0.25, 0.3) is 0 Å². The van der Waals surface area contributed by atoms with Crippen LogP contribution in [0, 0.1) is 11.8 Å². The number of ether oxygens (including phenoxy) is 4. The lowest BCUT2D eigenvalue weighted by atomic mass is 9.69. The fourth-order valence-electron chi connectivity index (χ4n) is 4.68. The van der Waals surface area contributed by atoms with Gasteiger partial charge in [-0.1, -0.05) is 26.0 Å². The molecule has 35 heavy (non-hydrogen) atoms. The second-order valence-electron chi connectivity index (χ2n) is 8.79. The van der Waals surface area contributed by atoms with Crippen molar-refractivity contribution in [2.24, 2.45) is 11.8 Å². The highest BCUT2D eigenvalue weighted by Crippen LogP contribution is 2.45. The van der Waals surface area contributed by atoms with Gasteiger partial charge in [0, 0.05) is 29.5 Å². The molecule has 3 atom stereocenters. The fourth-order valence-corrected chi connectivity index (χ4v) is 4.68. The molecule has 0 radical (unpaired) electrons. The van der Waals surface area contributed by atoms with Crippen LogP contribution in [0.25, 0.3) is 0 Å². The van der Waals surface area contributed by atoms with E-state index in [1.807, 2.05) is 45.0 Å². The van der Waals surface area contributed by atoms with Crippen molar-refractivity contribution in [2.75, 3.05) is 33.5 Å². The van der Waals surface area contributed by atoms with Crippen molar-refractivity contribution >= 4 is 17.7 Å². The Bertz CT molecular complexity index is 1010. The first-order chi connectivity index (χ1) is 16.8. The molecule has 1 N–H and O–H groups in total. The van der Waals surface area contributed by atoms with E-state index >= 15 is 0 Å². The second-order valence-corrected chi connectivity index (χ2v) is 8.79. The van der Waals surface area contributed by atoms with E-state index in [2.05, 4.69) is 5.32 Å². The van der Waals surface area contributed by atoms with Gasteiger partial charge in [-0.2, -0.15) is 0 Å². The van der Waals surface area contributed by atoms with Crippen molar-refractivity contribution in [1.29, 1.82) is 0 Å². The van der Waals surface area contributed by atoms with Crippen LogP contribution in [0.3, 0.4) is 0 Å². The first kappa shape index (κ1) is 26.5. The molecule has 3 rings (SSSR count). The number of hydrogen-bond donors (Lipinski definition) is 1. The van der Waals surface area contributed by atoms with Gasteiger partial charge in [0.2, 0.25) is 0 Å². The van der Waals surface area contributed by atoms with Gasteiger partial charge in [-0.3, -0.25) is 9.59 Å². The number of Topliss-reactive ketones (excluding diaryl/α,β-unsaturated/α-hetero) is 1. The molecule has 8 heteroatoms. The zero-order chi connectivity index (χ0) is 25.5. The van der Waals surface area contributed by atoms with Crippen molar-refractivity contribution < 1.29 is 33.3 Å². The molecule has 0 unspecified atom stereocenters. The minimum atomic E-state index is -0.927. The molecule has 0 saturated heterocycles. The Hall–Kier alpha value is -3.13. The number of benzene rings is 1. The average Bonchev–Trinajstić information content (AvgIpc) is 2.84. The zero-order valence-corrected chi connectivity index (χ0v) is 21.1.